The van der Waals surface area contributed by atoms with E-state index >= 15 is 0 Å². The van der Waals surface area contributed by atoms with Crippen LogP contribution in [0.4, 0.5) is 17.2 Å². The van der Waals surface area contributed by atoms with Gasteiger partial charge in [0.1, 0.15) is 11.4 Å². The largest absolute Gasteiger partial charge is 0.364 e. The Kier molecular flexibility index (Phi) is 6.02. The zero-order chi connectivity index (χ0) is 29.9. The summed E-state index contributed by atoms with van der Waals surface area (Å²) in [6.45, 7) is 8.46. The highest BCUT2D eigenvalue weighted by Gasteiger charge is 2.55. The zero-order valence-corrected chi connectivity index (χ0v) is 25.5. The molecule has 0 radical (unpaired) electrons. The Morgan fingerprint density at radius 3 is 1.89 bits per heavy atom. The van der Waals surface area contributed by atoms with Crippen LogP contribution in [0.2, 0.25) is 0 Å². The highest BCUT2D eigenvalue weighted by atomic mass is 15.4. The van der Waals surface area contributed by atoms with Crippen LogP contribution < -0.4 is 9.80 Å². The van der Waals surface area contributed by atoms with E-state index in [1.807, 2.05) is 0 Å². The number of hydrogen-bond acceptors (Lipinski definition) is 3. The molecular formula is C40H36N4. The van der Waals surface area contributed by atoms with Gasteiger partial charge in [0.15, 0.2) is 0 Å². The standard InChI is InChI=1S/C40H36N4/c1-39(2,3)37-36-32-23-13-14-24-33(32)40(28-42(27-29-17-7-4-8-18-29)35-26-16-15-25-34(35)40)43(30-19-9-5-10-20-30)38(36)44(41-37)31-21-11-6-12-22-31/h4-26H,27-28H2,1-3H3. The third kappa shape index (κ3) is 3.94. The van der Waals surface area contributed by atoms with E-state index in [0.717, 1.165) is 36.0 Å². The van der Waals surface area contributed by atoms with Crippen molar-refractivity contribution in [3.63, 3.8) is 0 Å². The van der Waals surface area contributed by atoms with Crippen LogP contribution in [0.15, 0.2) is 140 Å². The number of aromatic nitrogens is 2. The number of para-hydroxylation sites is 3. The van der Waals surface area contributed by atoms with Crippen molar-refractivity contribution in [1.82, 2.24) is 9.78 Å². The number of anilines is 3. The van der Waals surface area contributed by atoms with E-state index < -0.39 is 5.54 Å². The van der Waals surface area contributed by atoms with Gasteiger partial charge in [-0.25, -0.2) is 4.68 Å². The highest BCUT2D eigenvalue weighted by Crippen LogP contribution is 2.60. The molecule has 4 nitrogen and oxygen atoms in total. The lowest BCUT2D eigenvalue weighted by atomic mass is 9.74. The molecule has 1 atom stereocenters. The van der Waals surface area contributed by atoms with Gasteiger partial charge in [0.05, 0.1) is 17.9 Å². The topological polar surface area (TPSA) is 24.3 Å². The lowest BCUT2D eigenvalue weighted by Crippen LogP contribution is -2.50. The van der Waals surface area contributed by atoms with Crippen LogP contribution in [0, 0.1) is 0 Å². The first kappa shape index (κ1) is 26.5. The quantitative estimate of drug-likeness (QED) is 0.210. The minimum absolute atomic E-state index is 0.170. The molecule has 1 aromatic heterocycles. The van der Waals surface area contributed by atoms with Crippen LogP contribution in [0.1, 0.15) is 43.2 Å². The van der Waals surface area contributed by atoms with Crippen LogP contribution in [0.25, 0.3) is 16.8 Å². The summed E-state index contributed by atoms with van der Waals surface area (Å²) in [7, 11) is 0. The minimum atomic E-state index is -0.488. The van der Waals surface area contributed by atoms with Gasteiger partial charge in [-0.2, -0.15) is 5.10 Å². The number of benzene rings is 5. The van der Waals surface area contributed by atoms with E-state index in [4.69, 9.17) is 5.10 Å². The van der Waals surface area contributed by atoms with Crippen LogP contribution in [0.3, 0.4) is 0 Å². The Morgan fingerprint density at radius 2 is 1.20 bits per heavy atom. The van der Waals surface area contributed by atoms with E-state index in [1.54, 1.807) is 0 Å². The molecule has 216 valence electrons. The predicted molar refractivity (Wildman–Crippen MR) is 181 cm³/mol. The molecule has 0 N–H and O–H groups in total. The Morgan fingerprint density at radius 1 is 0.636 bits per heavy atom. The van der Waals surface area contributed by atoms with E-state index in [2.05, 4.69) is 175 Å². The summed E-state index contributed by atoms with van der Waals surface area (Å²) in [6, 6.07) is 50.4. The van der Waals surface area contributed by atoms with Crippen LogP contribution in [0.5, 0.6) is 0 Å². The normalized spacial score (nSPS) is 17.0. The summed E-state index contributed by atoms with van der Waals surface area (Å²) in [5.74, 6) is 1.11. The van der Waals surface area contributed by atoms with Gasteiger partial charge in [-0.3, -0.25) is 0 Å². The second-order valence-electron chi connectivity index (χ2n) is 13.0. The van der Waals surface area contributed by atoms with Crippen molar-refractivity contribution < 1.29 is 0 Å². The maximum absolute atomic E-state index is 5.47. The third-order valence-corrected chi connectivity index (χ3v) is 9.15. The van der Waals surface area contributed by atoms with Gasteiger partial charge in [-0.15, -0.1) is 0 Å². The van der Waals surface area contributed by atoms with E-state index in [-0.39, 0.29) is 5.41 Å². The Labute approximate surface area is 259 Å². The van der Waals surface area contributed by atoms with Gasteiger partial charge in [0, 0.05) is 34.5 Å². The zero-order valence-electron chi connectivity index (χ0n) is 25.5. The Bertz CT molecular complexity index is 1950. The lowest BCUT2D eigenvalue weighted by Gasteiger charge is -2.48. The molecule has 3 heterocycles. The molecule has 1 spiro atoms. The summed E-state index contributed by atoms with van der Waals surface area (Å²) in [5, 5.41) is 5.47. The van der Waals surface area contributed by atoms with Crippen LogP contribution >= 0.6 is 0 Å². The van der Waals surface area contributed by atoms with Crippen molar-refractivity contribution in [2.24, 2.45) is 0 Å². The predicted octanol–water partition coefficient (Wildman–Crippen LogP) is 9.25. The van der Waals surface area contributed by atoms with E-state index in [0.29, 0.717) is 0 Å². The molecule has 0 saturated carbocycles. The number of fused-ring (bicyclic) bond motifs is 6. The van der Waals surface area contributed by atoms with Crippen LogP contribution in [-0.4, -0.2) is 16.3 Å². The molecule has 0 aliphatic carbocycles. The fourth-order valence-electron chi connectivity index (χ4n) is 7.33. The molecule has 0 bridgehead atoms. The minimum Gasteiger partial charge on any atom is -0.364 e. The molecule has 8 rings (SSSR count). The molecule has 2 aliphatic rings. The summed E-state index contributed by atoms with van der Waals surface area (Å²) >= 11 is 0. The third-order valence-electron chi connectivity index (χ3n) is 9.15. The van der Waals surface area contributed by atoms with Gasteiger partial charge < -0.3 is 9.80 Å². The SMILES string of the molecule is CC(C)(C)c1nn(-c2ccccc2)c2c1-c1ccccc1C1(CN(Cc3ccccc3)c3ccccc31)N2c1ccccc1. The molecule has 44 heavy (non-hydrogen) atoms. The summed E-state index contributed by atoms with van der Waals surface area (Å²) in [6.07, 6.45) is 0. The molecule has 0 fully saturated rings. The molecule has 1 unspecified atom stereocenters. The number of nitrogens with zero attached hydrogens (tertiary/aromatic N) is 4. The monoisotopic (exact) mass is 572 g/mol. The summed E-state index contributed by atoms with van der Waals surface area (Å²) < 4.78 is 2.20. The smallest absolute Gasteiger partial charge is 0.146 e. The van der Waals surface area contributed by atoms with Crippen molar-refractivity contribution in [2.45, 2.75) is 38.3 Å². The average molecular weight is 573 g/mol. The molecule has 4 heteroatoms. The first-order chi connectivity index (χ1) is 21.5. The lowest BCUT2D eigenvalue weighted by molar-refractivity contribution is 0.532. The first-order valence-corrected chi connectivity index (χ1v) is 15.5. The Hall–Kier alpha value is -5.09. The second kappa shape index (κ2) is 9.99. The van der Waals surface area contributed by atoms with E-state index in [1.165, 1.54) is 33.5 Å². The van der Waals surface area contributed by atoms with Gasteiger partial charge in [0.25, 0.3) is 0 Å². The van der Waals surface area contributed by atoms with Crippen molar-refractivity contribution in [3.8, 4) is 16.8 Å². The average Bonchev–Trinajstić information content (AvgIpc) is 3.61. The van der Waals surface area contributed by atoms with Crippen molar-refractivity contribution in [3.05, 3.63) is 162 Å². The highest BCUT2D eigenvalue weighted by molar-refractivity contribution is 5.94. The first-order valence-electron chi connectivity index (χ1n) is 15.5. The molecular weight excluding hydrogens is 536 g/mol. The van der Waals surface area contributed by atoms with Gasteiger partial charge in [-0.1, -0.05) is 130 Å². The van der Waals surface area contributed by atoms with Crippen molar-refractivity contribution in [2.75, 3.05) is 16.3 Å². The maximum atomic E-state index is 5.47. The fourth-order valence-corrected chi connectivity index (χ4v) is 7.33. The molecule has 5 aromatic carbocycles. The molecule has 2 aliphatic heterocycles. The summed E-state index contributed by atoms with van der Waals surface area (Å²) in [4.78, 5) is 5.17. The fraction of sp³-hybridized carbons (Fsp3) is 0.175. The Balaban J connectivity index is 1.48. The van der Waals surface area contributed by atoms with Gasteiger partial charge in [-0.05, 0) is 47.0 Å². The van der Waals surface area contributed by atoms with Gasteiger partial charge in [0.2, 0.25) is 0 Å². The number of hydrogen-bond donors (Lipinski definition) is 0. The number of rotatable bonds is 4. The molecule has 0 amide bonds. The van der Waals surface area contributed by atoms with Crippen molar-refractivity contribution in [1.29, 1.82) is 0 Å². The van der Waals surface area contributed by atoms with Gasteiger partial charge >= 0.3 is 0 Å². The maximum Gasteiger partial charge on any atom is 0.146 e. The molecule has 6 aromatic rings. The summed E-state index contributed by atoms with van der Waals surface area (Å²) in [5.41, 5.74) is 10.3. The van der Waals surface area contributed by atoms with Crippen molar-refractivity contribution >= 4 is 17.2 Å². The van der Waals surface area contributed by atoms with Crippen LogP contribution in [-0.2, 0) is 17.5 Å². The molecule has 0 saturated heterocycles. The second-order valence-corrected chi connectivity index (χ2v) is 13.0. The van der Waals surface area contributed by atoms with E-state index in [9.17, 15) is 0 Å².